The summed E-state index contributed by atoms with van der Waals surface area (Å²) in [6, 6.07) is 8.01. The Hall–Kier alpha value is -1.20. The van der Waals surface area contributed by atoms with Gasteiger partial charge in [-0.1, -0.05) is 12.1 Å². The molecule has 3 rings (SSSR count). The molecule has 0 aliphatic carbocycles. The van der Waals surface area contributed by atoms with E-state index in [9.17, 15) is 10.2 Å². The molecule has 5 N–H and O–H groups in total. The van der Waals surface area contributed by atoms with Crippen LogP contribution in [0.1, 0.15) is 17.5 Å². The van der Waals surface area contributed by atoms with Gasteiger partial charge in [0.25, 0.3) is 0 Å². The second-order valence-corrected chi connectivity index (χ2v) is 6.76. The van der Waals surface area contributed by atoms with Gasteiger partial charge in [0.2, 0.25) is 0 Å². The van der Waals surface area contributed by atoms with Crippen molar-refractivity contribution in [1.29, 1.82) is 0 Å². The molecule has 7 nitrogen and oxygen atoms in total. The highest BCUT2D eigenvalue weighted by molar-refractivity contribution is 14.1. The normalized spacial score (nSPS) is 27.5. The van der Waals surface area contributed by atoms with Crippen LogP contribution in [0.25, 0.3) is 0 Å². The van der Waals surface area contributed by atoms with Gasteiger partial charge in [-0.25, -0.2) is 4.98 Å². The monoisotopic (exact) mass is 431 g/mol. The number of hydrogen-bond acceptors (Lipinski definition) is 6. The second-order valence-electron chi connectivity index (χ2n) is 5.52. The van der Waals surface area contributed by atoms with Gasteiger partial charge in [-0.15, -0.1) is 0 Å². The number of benzene rings is 1. The van der Waals surface area contributed by atoms with Gasteiger partial charge in [0.15, 0.2) is 6.23 Å². The second kappa shape index (κ2) is 6.73. The molecule has 0 amide bonds. The Balaban J connectivity index is 1.82. The molecule has 23 heavy (non-hydrogen) atoms. The number of hydrogen-bond donors (Lipinski definition) is 4. The van der Waals surface area contributed by atoms with Gasteiger partial charge in [-0.2, -0.15) is 0 Å². The van der Waals surface area contributed by atoms with Crippen LogP contribution in [-0.2, 0) is 11.2 Å². The number of aliphatic hydroxyl groups excluding tert-OH is 3. The number of aromatic nitrogens is 2. The van der Waals surface area contributed by atoms with Crippen molar-refractivity contribution in [3.05, 3.63) is 45.4 Å². The lowest BCUT2D eigenvalue weighted by molar-refractivity contribution is -0.0518. The average molecular weight is 431 g/mol. The highest BCUT2D eigenvalue weighted by Gasteiger charge is 2.44. The first-order valence-corrected chi connectivity index (χ1v) is 8.27. The van der Waals surface area contributed by atoms with Crippen LogP contribution >= 0.6 is 22.6 Å². The summed E-state index contributed by atoms with van der Waals surface area (Å²) in [5.41, 5.74) is 7.88. The van der Waals surface area contributed by atoms with Crippen LogP contribution in [0.15, 0.2) is 30.6 Å². The smallest absolute Gasteiger partial charge is 0.165 e. The van der Waals surface area contributed by atoms with E-state index in [1.54, 1.807) is 0 Å². The first-order chi connectivity index (χ1) is 11.0. The number of nitrogens with two attached hydrogens (primary N) is 1. The van der Waals surface area contributed by atoms with Crippen molar-refractivity contribution in [2.75, 3.05) is 12.3 Å². The summed E-state index contributed by atoms with van der Waals surface area (Å²) in [6.45, 7) is -0.376. The van der Waals surface area contributed by atoms with E-state index in [1.807, 2.05) is 24.3 Å². The maximum Gasteiger partial charge on any atom is 0.165 e. The lowest BCUT2D eigenvalue weighted by Gasteiger charge is -2.17. The number of ether oxygens (including phenoxy) is 1. The number of nitrogens with zero attached hydrogens (tertiary/aromatic N) is 2. The molecular formula is C15H18IN3O4. The molecule has 2 aromatic rings. The number of aliphatic hydroxyl groups is 3. The fourth-order valence-corrected chi connectivity index (χ4v) is 3.31. The van der Waals surface area contributed by atoms with E-state index in [-0.39, 0.29) is 6.61 Å². The van der Waals surface area contributed by atoms with E-state index in [1.165, 1.54) is 10.9 Å². The Kier molecular flexibility index (Phi) is 4.87. The molecule has 1 fully saturated rings. The van der Waals surface area contributed by atoms with E-state index in [0.29, 0.717) is 17.9 Å². The minimum atomic E-state index is -1.17. The molecule has 1 saturated heterocycles. The van der Waals surface area contributed by atoms with Crippen LogP contribution in [0.2, 0.25) is 0 Å². The Morgan fingerprint density at radius 1 is 1.30 bits per heavy atom. The minimum absolute atomic E-state index is 0.374. The molecule has 0 spiro atoms. The zero-order valence-corrected chi connectivity index (χ0v) is 14.4. The highest BCUT2D eigenvalue weighted by atomic mass is 127. The summed E-state index contributed by atoms with van der Waals surface area (Å²) in [5.74, 6) is 0.374. The first kappa shape index (κ1) is 16.7. The van der Waals surface area contributed by atoms with Gasteiger partial charge < -0.3 is 25.8 Å². The third kappa shape index (κ3) is 3.22. The predicted molar refractivity (Wildman–Crippen MR) is 91.6 cm³/mol. The average Bonchev–Trinajstić information content (AvgIpc) is 3.01. The van der Waals surface area contributed by atoms with E-state index in [2.05, 4.69) is 27.6 Å². The van der Waals surface area contributed by atoms with Crippen molar-refractivity contribution in [1.82, 2.24) is 9.55 Å². The zero-order valence-electron chi connectivity index (χ0n) is 12.2. The van der Waals surface area contributed by atoms with Crippen molar-refractivity contribution in [3.8, 4) is 0 Å². The fourth-order valence-electron chi connectivity index (χ4n) is 2.70. The van der Waals surface area contributed by atoms with E-state index >= 15 is 0 Å². The van der Waals surface area contributed by atoms with Crippen LogP contribution in [0, 0.1) is 3.57 Å². The molecule has 124 valence electrons. The molecule has 2 heterocycles. The number of nitrogen functional groups attached to an aromatic ring is 1. The molecule has 0 bridgehead atoms. The molecular weight excluding hydrogens is 413 g/mol. The van der Waals surface area contributed by atoms with Crippen LogP contribution < -0.4 is 5.73 Å². The van der Waals surface area contributed by atoms with Crippen LogP contribution in [0.4, 0.5) is 5.82 Å². The van der Waals surface area contributed by atoms with Gasteiger partial charge >= 0.3 is 0 Å². The Labute approximate surface area is 146 Å². The molecule has 4 atom stereocenters. The minimum Gasteiger partial charge on any atom is -0.394 e. The molecule has 8 heteroatoms. The Bertz CT molecular complexity index is 693. The lowest BCUT2D eigenvalue weighted by atomic mass is 10.1. The summed E-state index contributed by atoms with van der Waals surface area (Å²) >= 11 is 2.24. The summed E-state index contributed by atoms with van der Waals surface area (Å²) < 4.78 is 8.10. The van der Waals surface area contributed by atoms with Gasteiger partial charge in [-0.3, -0.25) is 4.57 Å². The fraction of sp³-hybridized carbons (Fsp3) is 0.400. The van der Waals surface area contributed by atoms with Crippen molar-refractivity contribution < 1.29 is 20.1 Å². The van der Waals surface area contributed by atoms with E-state index in [0.717, 1.165) is 9.13 Å². The van der Waals surface area contributed by atoms with Gasteiger partial charge in [0.05, 0.1) is 18.6 Å². The third-order valence-corrected chi connectivity index (χ3v) is 4.63. The van der Waals surface area contributed by atoms with E-state index < -0.39 is 24.5 Å². The molecule has 1 aliphatic rings. The summed E-state index contributed by atoms with van der Waals surface area (Å²) in [6.07, 6.45) is -1.99. The van der Waals surface area contributed by atoms with Gasteiger partial charge in [-0.05, 0) is 40.3 Å². The van der Waals surface area contributed by atoms with Crippen molar-refractivity contribution in [3.63, 3.8) is 0 Å². The topological polar surface area (TPSA) is 114 Å². The highest BCUT2D eigenvalue weighted by Crippen LogP contribution is 2.32. The SMILES string of the molecule is Nc1c(Cc2cccc(I)c2)ncn1[C@@H]1O[C@H](CO)[C@@H](O)[C@H]1O. The van der Waals surface area contributed by atoms with Crippen molar-refractivity contribution in [2.45, 2.75) is 31.0 Å². The molecule has 1 aromatic heterocycles. The first-order valence-electron chi connectivity index (χ1n) is 7.19. The summed E-state index contributed by atoms with van der Waals surface area (Å²) in [4.78, 5) is 4.30. The Morgan fingerprint density at radius 2 is 2.09 bits per heavy atom. The molecule has 1 aromatic carbocycles. The number of imidazole rings is 1. The molecule has 0 saturated carbocycles. The molecule has 0 radical (unpaired) electrons. The Morgan fingerprint density at radius 3 is 2.74 bits per heavy atom. The number of rotatable bonds is 4. The van der Waals surface area contributed by atoms with Crippen molar-refractivity contribution in [2.24, 2.45) is 0 Å². The third-order valence-electron chi connectivity index (χ3n) is 3.96. The zero-order chi connectivity index (χ0) is 16.6. The number of anilines is 1. The van der Waals surface area contributed by atoms with Crippen LogP contribution in [0.3, 0.4) is 0 Å². The quantitative estimate of drug-likeness (QED) is 0.517. The summed E-state index contributed by atoms with van der Waals surface area (Å²) in [5, 5.41) is 29.1. The molecule has 0 unspecified atom stereocenters. The predicted octanol–water partition coefficient (Wildman–Crippen LogP) is 0.272. The summed E-state index contributed by atoms with van der Waals surface area (Å²) in [7, 11) is 0. The largest absolute Gasteiger partial charge is 0.394 e. The maximum atomic E-state index is 10.1. The maximum absolute atomic E-state index is 10.1. The standard InChI is InChI=1S/C15H18IN3O4/c16-9-3-1-2-8(4-9)5-10-14(17)19(7-18-10)15-13(22)12(21)11(6-20)23-15/h1-4,7,11-13,15,20-22H,5-6,17H2/t11-,12-,13-,15-/m1/s1. The number of halogens is 1. The van der Waals surface area contributed by atoms with E-state index in [4.69, 9.17) is 15.6 Å². The van der Waals surface area contributed by atoms with Crippen LogP contribution in [0.5, 0.6) is 0 Å². The van der Waals surface area contributed by atoms with Crippen molar-refractivity contribution >= 4 is 28.4 Å². The van der Waals surface area contributed by atoms with Gasteiger partial charge in [0.1, 0.15) is 24.1 Å². The molecule has 1 aliphatic heterocycles. The van der Waals surface area contributed by atoms with Gasteiger partial charge in [0, 0.05) is 9.99 Å². The van der Waals surface area contributed by atoms with Crippen LogP contribution in [-0.4, -0.2) is 49.8 Å². The lowest BCUT2D eigenvalue weighted by Crippen LogP contribution is -2.33.